The molecule has 1 heterocycles. The van der Waals surface area contributed by atoms with Crippen molar-refractivity contribution >= 4 is 5.82 Å². The van der Waals surface area contributed by atoms with Crippen molar-refractivity contribution in [2.45, 2.75) is 13.5 Å². The Morgan fingerprint density at radius 2 is 2.07 bits per heavy atom. The van der Waals surface area contributed by atoms with Gasteiger partial charge >= 0.3 is 0 Å². The van der Waals surface area contributed by atoms with Crippen molar-refractivity contribution < 1.29 is 9.47 Å². The first-order valence-electron chi connectivity index (χ1n) is 5.15. The maximum absolute atomic E-state index is 5.41. The summed E-state index contributed by atoms with van der Waals surface area (Å²) in [5.41, 5.74) is 1.07. The molecule has 0 atom stereocenters. The van der Waals surface area contributed by atoms with E-state index in [1.165, 1.54) is 0 Å². The second-order valence-electron chi connectivity index (χ2n) is 3.05. The molecule has 1 aromatic heterocycles. The van der Waals surface area contributed by atoms with Gasteiger partial charge in [-0.2, -0.15) is 0 Å². The van der Waals surface area contributed by atoms with Gasteiger partial charge in [-0.3, -0.25) is 0 Å². The lowest BCUT2D eigenvalue weighted by Gasteiger charge is -2.05. The zero-order valence-electron chi connectivity index (χ0n) is 9.32. The van der Waals surface area contributed by atoms with E-state index in [1.54, 1.807) is 0 Å². The summed E-state index contributed by atoms with van der Waals surface area (Å²) in [5, 5.41) is 2.97. The fourth-order valence-electron chi connectivity index (χ4n) is 1.11. The van der Waals surface area contributed by atoms with E-state index < -0.39 is 0 Å². The number of nitrogens with one attached hydrogen (secondary N) is 1. The normalized spacial score (nSPS) is 10.3. The molecule has 4 nitrogen and oxygen atoms in total. The lowest BCUT2D eigenvalue weighted by Crippen LogP contribution is -2.04. The summed E-state index contributed by atoms with van der Waals surface area (Å²) in [5.74, 6) is 0.869. The first-order chi connectivity index (χ1) is 7.36. The van der Waals surface area contributed by atoms with Crippen LogP contribution in [0.5, 0.6) is 0 Å². The first-order valence-corrected chi connectivity index (χ1v) is 5.15. The molecule has 0 bridgehead atoms. The van der Waals surface area contributed by atoms with Crippen LogP contribution >= 0.6 is 0 Å². The molecular formula is C11H18N2O2. The van der Waals surface area contributed by atoms with Crippen LogP contribution in [-0.4, -0.2) is 31.9 Å². The summed E-state index contributed by atoms with van der Waals surface area (Å²) in [4.78, 5) is 4.19. The second-order valence-corrected chi connectivity index (χ2v) is 3.05. The number of hydrogen-bond acceptors (Lipinski definition) is 4. The van der Waals surface area contributed by atoms with Gasteiger partial charge in [-0.25, -0.2) is 4.98 Å². The smallest absolute Gasteiger partial charge is 0.125 e. The van der Waals surface area contributed by atoms with E-state index >= 15 is 0 Å². The van der Waals surface area contributed by atoms with Gasteiger partial charge in [0.2, 0.25) is 0 Å². The Kier molecular flexibility index (Phi) is 5.73. The Balaban J connectivity index is 2.20. The van der Waals surface area contributed by atoms with Gasteiger partial charge in [0.05, 0.1) is 19.8 Å². The van der Waals surface area contributed by atoms with Gasteiger partial charge < -0.3 is 14.8 Å². The van der Waals surface area contributed by atoms with Crippen molar-refractivity contribution in [2.24, 2.45) is 0 Å². The lowest BCUT2D eigenvalue weighted by atomic mass is 10.3. The predicted octanol–water partition coefficient (Wildman–Crippen LogP) is 1.68. The molecule has 4 heteroatoms. The third-order valence-corrected chi connectivity index (χ3v) is 1.93. The molecule has 0 unspecified atom stereocenters. The number of ether oxygens (including phenoxy) is 2. The predicted molar refractivity (Wildman–Crippen MR) is 59.9 cm³/mol. The van der Waals surface area contributed by atoms with Crippen LogP contribution in [0.3, 0.4) is 0 Å². The van der Waals surface area contributed by atoms with E-state index in [9.17, 15) is 0 Å². The molecule has 0 saturated heterocycles. The lowest BCUT2D eigenvalue weighted by molar-refractivity contribution is 0.0452. The maximum Gasteiger partial charge on any atom is 0.125 e. The van der Waals surface area contributed by atoms with Gasteiger partial charge in [0, 0.05) is 19.9 Å². The highest BCUT2D eigenvalue weighted by Gasteiger charge is 1.94. The van der Waals surface area contributed by atoms with Crippen molar-refractivity contribution in [2.75, 3.05) is 32.2 Å². The molecule has 1 aromatic rings. The average Bonchev–Trinajstić information content (AvgIpc) is 2.30. The minimum atomic E-state index is 0.587. The van der Waals surface area contributed by atoms with Gasteiger partial charge in [-0.15, -0.1) is 0 Å². The zero-order chi connectivity index (χ0) is 10.9. The summed E-state index contributed by atoms with van der Waals surface area (Å²) in [7, 11) is 1.85. The first kappa shape index (κ1) is 11.9. The molecule has 0 fully saturated rings. The summed E-state index contributed by atoms with van der Waals surface area (Å²) in [6.45, 7) is 4.58. The molecule has 0 radical (unpaired) electrons. The Bertz CT molecular complexity index is 262. The number of anilines is 1. The number of pyridine rings is 1. The fraction of sp³-hybridized carbons (Fsp3) is 0.545. The number of nitrogens with zero attached hydrogens (tertiary/aromatic N) is 1. The molecule has 0 aliphatic carbocycles. The third kappa shape index (κ3) is 4.76. The van der Waals surface area contributed by atoms with E-state index in [4.69, 9.17) is 9.47 Å². The molecule has 0 aliphatic rings. The van der Waals surface area contributed by atoms with Crippen molar-refractivity contribution in [3.63, 3.8) is 0 Å². The van der Waals surface area contributed by atoms with Crippen LogP contribution < -0.4 is 5.32 Å². The minimum Gasteiger partial charge on any atom is -0.379 e. The van der Waals surface area contributed by atoms with Gasteiger partial charge in [0.25, 0.3) is 0 Å². The topological polar surface area (TPSA) is 43.4 Å². The van der Waals surface area contributed by atoms with Crippen LogP contribution in [-0.2, 0) is 16.1 Å². The Morgan fingerprint density at radius 1 is 1.27 bits per heavy atom. The Labute approximate surface area is 90.6 Å². The Morgan fingerprint density at radius 3 is 2.67 bits per heavy atom. The van der Waals surface area contributed by atoms with Crippen molar-refractivity contribution in [3.8, 4) is 0 Å². The highest BCUT2D eigenvalue weighted by Crippen LogP contribution is 2.04. The van der Waals surface area contributed by atoms with Crippen LogP contribution in [0.4, 0.5) is 5.82 Å². The molecule has 0 spiro atoms. The van der Waals surface area contributed by atoms with Crippen molar-refractivity contribution in [1.29, 1.82) is 0 Å². The van der Waals surface area contributed by atoms with E-state index in [-0.39, 0.29) is 0 Å². The molecule has 0 aliphatic heterocycles. The highest BCUT2D eigenvalue weighted by atomic mass is 16.5. The number of hydrogen-bond donors (Lipinski definition) is 1. The molecule has 0 saturated carbocycles. The quantitative estimate of drug-likeness (QED) is 0.695. The SMILES string of the molecule is CCOCCOCc1ccc(NC)nc1. The van der Waals surface area contributed by atoms with Gasteiger partial charge in [0.1, 0.15) is 5.82 Å². The Hall–Kier alpha value is -1.13. The third-order valence-electron chi connectivity index (χ3n) is 1.93. The van der Waals surface area contributed by atoms with Crippen LogP contribution in [0, 0.1) is 0 Å². The molecular weight excluding hydrogens is 192 g/mol. The van der Waals surface area contributed by atoms with E-state index in [0.29, 0.717) is 19.8 Å². The molecule has 0 aromatic carbocycles. The second kappa shape index (κ2) is 7.20. The van der Waals surface area contributed by atoms with E-state index in [2.05, 4.69) is 10.3 Å². The monoisotopic (exact) mass is 210 g/mol. The molecule has 1 rings (SSSR count). The zero-order valence-corrected chi connectivity index (χ0v) is 9.32. The summed E-state index contributed by atoms with van der Waals surface area (Å²) in [6.07, 6.45) is 1.81. The summed E-state index contributed by atoms with van der Waals surface area (Å²) >= 11 is 0. The van der Waals surface area contributed by atoms with Gasteiger partial charge in [0.15, 0.2) is 0 Å². The van der Waals surface area contributed by atoms with Crippen LogP contribution in [0.2, 0.25) is 0 Å². The van der Waals surface area contributed by atoms with Gasteiger partial charge in [-0.1, -0.05) is 6.07 Å². The van der Waals surface area contributed by atoms with Gasteiger partial charge in [-0.05, 0) is 18.6 Å². The van der Waals surface area contributed by atoms with E-state index in [0.717, 1.165) is 18.0 Å². The van der Waals surface area contributed by atoms with Crippen LogP contribution in [0.15, 0.2) is 18.3 Å². The van der Waals surface area contributed by atoms with Crippen molar-refractivity contribution in [1.82, 2.24) is 4.98 Å². The standard InChI is InChI=1S/C11H18N2O2/c1-3-14-6-7-15-9-10-4-5-11(12-2)13-8-10/h4-5,8H,3,6-7,9H2,1-2H3,(H,12,13). The number of rotatable bonds is 7. The minimum absolute atomic E-state index is 0.587. The van der Waals surface area contributed by atoms with Crippen LogP contribution in [0.1, 0.15) is 12.5 Å². The molecule has 84 valence electrons. The largest absolute Gasteiger partial charge is 0.379 e. The fourth-order valence-corrected chi connectivity index (χ4v) is 1.11. The summed E-state index contributed by atoms with van der Waals surface area (Å²) in [6, 6.07) is 3.93. The number of aromatic nitrogens is 1. The highest BCUT2D eigenvalue weighted by molar-refractivity contribution is 5.34. The molecule has 15 heavy (non-hydrogen) atoms. The summed E-state index contributed by atoms with van der Waals surface area (Å²) < 4.78 is 10.6. The average molecular weight is 210 g/mol. The molecule has 0 amide bonds. The van der Waals surface area contributed by atoms with E-state index in [1.807, 2.05) is 32.3 Å². The van der Waals surface area contributed by atoms with Crippen molar-refractivity contribution in [3.05, 3.63) is 23.9 Å². The van der Waals surface area contributed by atoms with Crippen LogP contribution in [0.25, 0.3) is 0 Å². The molecule has 1 N–H and O–H groups in total. The maximum atomic E-state index is 5.41.